The van der Waals surface area contributed by atoms with Crippen molar-refractivity contribution in [2.45, 2.75) is 64.5 Å². The minimum Gasteiger partial charge on any atom is -0.481 e. The Morgan fingerprint density at radius 3 is 2.75 bits per heavy atom. The van der Waals surface area contributed by atoms with E-state index in [4.69, 9.17) is 4.74 Å². The summed E-state index contributed by atoms with van der Waals surface area (Å²) in [7, 11) is 0. The normalized spacial score (nSPS) is 34.9. The van der Waals surface area contributed by atoms with Crippen molar-refractivity contribution in [3.05, 3.63) is 0 Å². The first-order chi connectivity index (χ1) is 9.45. The number of aliphatic carboxylic acids is 1. The van der Waals surface area contributed by atoms with Crippen LogP contribution in [0, 0.1) is 11.8 Å². The fourth-order valence-corrected chi connectivity index (χ4v) is 4.02. The maximum atomic E-state index is 11.6. The third kappa shape index (κ3) is 3.34. The quantitative estimate of drug-likeness (QED) is 0.862. The molecule has 20 heavy (non-hydrogen) atoms. The molecule has 3 unspecified atom stereocenters. The van der Waals surface area contributed by atoms with E-state index in [0.29, 0.717) is 12.5 Å². The van der Waals surface area contributed by atoms with Crippen LogP contribution < -0.4 is 0 Å². The van der Waals surface area contributed by atoms with Crippen molar-refractivity contribution >= 4 is 5.97 Å². The van der Waals surface area contributed by atoms with E-state index >= 15 is 0 Å². The summed E-state index contributed by atoms with van der Waals surface area (Å²) in [6.07, 6.45) is 5.37. The van der Waals surface area contributed by atoms with Gasteiger partial charge in [0.05, 0.1) is 19.1 Å². The minimum absolute atomic E-state index is 0.0509. The fraction of sp³-hybridized carbons (Fsp3) is 0.938. The molecule has 3 atom stereocenters. The van der Waals surface area contributed by atoms with Gasteiger partial charge >= 0.3 is 5.97 Å². The van der Waals surface area contributed by atoms with Gasteiger partial charge < -0.3 is 9.84 Å². The molecule has 0 spiro atoms. The summed E-state index contributed by atoms with van der Waals surface area (Å²) in [6, 6.07) is 0.177. The smallest absolute Gasteiger partial charge is 0.308 e. The van der Waals surface area contributed by atoms with Crippen molar-refractivity contribution in [2.24, 2.45) is 11.8 Å². The lowest BCUT2D eigenvalue weighted by Gasteiger charge is -2.50. The molecule has 2 aliphatic rings. The van der Waals surface area contributed by atoms with E-state index in [1.807, 2.05) is 0 Å². The summed E-state index contributed by atoms with van der Waals surface area (Å²) in [6.45, 7) is 8.86. The number of hydrogen-bond acceptors (Lipinski definition) is 3. The van der Waals surface area contributed by atoms with Crippen LogP contribution in [0.2, 0.25) is 0 Å². The maximum absolute atomic E-state index is 11.6. The molecule has 0 aromatic rings. The van der Waals surface area contributed by atoms with Gasteiger partial charge in [-0.2, -0.15) is 0 Å². The van der Waals surface area contributed by atoms with Gasteiger partial charge in [-0.25, -0.2) is 0 Å². The molecule has 4 nitrogen and oxygen atoms in total. The van der Waals surface area contributed by atoms with E-state index in [0.717, 1.165) is 32.4 Å². The molecule has 0 bridgehead atoms. The number of morpholine rings is 1. The van der Waals surface area contributed by atoms with Crippen LogP contribution >= 0.6 is 0 Å². The molecule has 4 heteroatoms. The van der Waals surface area contributed by atoms with E-state index in [9.17, 15) is 9.90 Å². The number of rotatable bonds is 4. The van der Waals surface area contributed by atoms with Crippen molar-refractivity contribution in [3.8, 4) is 0 Å². The van der Waals surface area contributed by atoms with Gasteiger partial charge in [-0.05, 0) is 39.0 Å². The van der Waals surface area contributed by atoms with Gasteiger partial charge in [0.25, 0.3) is 0 Å². The molecule has 1 saturated carbocycles. The summed E-state index contributed by atoms with van der Waals surface area (Å²) >= 11 is 0. The average Bonchev–Trinajstić information content (AvgIpc) is 2.38. The Balaban J connectivity index is 2.15. The summed E-state index contributed by atoms with van der Waals surface area (Å²) in [5, 5.41) is 9.57. The fourth-order valence-electron chi connectivity index (χ4n) is 4.02. The zero-order valence-electron chi connectivity index (χ0n) is 13.1. The second-order valence-electron chi connectivity index (χ2n) is 7.04. The number of carbonyl (C=O) groups is 1. The molecular formula is C16H29NO3. The highest BCUT2D eigenvalue weighted by atomic mass is 16.5. The first kappa shape index (κ1) is 15.8. The number of carboxylic acid groups (broad SMARTS) is 1. The van der Waals surface area contributed by atoms with E-state index in [1.165, 1.54) is 12.8 Å². The van der Waals surface area contributed by atoms with Gasteiger partial charge in [0.15, 0.2) is 0 Å². The van der Waals surface area contributed by atoms with Gasteiger partial charge in [0, 0.05) is 18.1 Å². The van der Waals surface area contributed by atoms with Crippen LogP contribution in [-0.2, 0) is 9.53 Å². The Morgan fingerprint density at radius 1 is 1.40 bits per heavy atom. The van der Waals surface area contributed by atoms with Crippen LogP contribution in [0.4, 0.5) is 0 Å². The zero-order chi connectivity index (χ0) is 14.8. The zero-order valence-corrected chi connectivity index (χ0v) is 13.1. The summed E-state index contributed by atoms with van der Waals surface area (Å²) < 4.78 is 5.59. The molecule has 0 aromatic heterocycles. The van der Waals surface area contributed by atoms with Crippen LogP contribution in [0.1, 0.15) is 52.9 Å². The SMILES string of the molecule is CCCC1CCC(C(=O)O)C(N2CCOCC2(C)C)C1. The molecule has 1 heterocycles. The van der Waals surface area contributed by atoms with Crippen LogP contribution in [0.5, 0.6) is 0 Å². The lowest BCUT2D eigenvalue weighted by molar-refractivity contribution is -0.152. The van der Waals surface area contributed by atoms with Crippen molar-refractivity contribution in [1.29, 1.82) is 0 Å². The van der Waals surface area contributed by atoms with Crippen LogP contribution in [0.25, 0.3) is 0 Å². The third-order valence-corrected chi connectivity index (χ3v) is 5.05. The molecule has 1 aliphatic heterocycles. The summed E-state index contributed by atoms with van der Waals surface area (Å²) in [4.78, 5) is 14.0. The van der Waals surface area contributed by atoms with Gasteiger partial charge in [-0.1, -0.05) is 19.8 Å². The standard InChI is InChI=1S/C16H29NO3/c1-4-5-12-6-7-13(15(18)19)14(10-12)17-8-9-20-11-16(17,2)3/h12-14H,4-11H2,1-3H3,(H,18,19). The van der Waals surface area contributed by atoms with Crippen molar-refractivity contribution in [3.63, 3.8) is 0 Å². The first-order valence-electron chi connectivity index (χ1n) is 8.03. The highest BCUT2D eigenvalue weighted by molar-refractivity contribution is 5.71. The molecule has 0 aromatic carbocycles. The Labute approximate surface area is 122 Å². The van der Waals surface area contributed by atoms with E-state index in [2.05, 4.69) is 25.7 Å². The molecule has 1 N–H and O–H groups in total. The van der Waals surface area contributed by atoms with Gasteiger partial charge in [-0.15, -0.1) is 0 Å². The van der Waals surface area contributed by atoms with E-state index in [1.54, 1.807) is 0 Å². The Hall–Kier alpha value is -0.610. The molecule has 116 valence electrons. The average molecular weight is 283 g/mol. The highest BCUT2D eigenvalue weighted by Gasteiger charge is 2.44. The molecular weight excluding hydrogens is 254 g/mol. The van der Waals surface area contributed by atoms with Crippen LogP contribution in [0.3, 0.4) is 0 Å². The summed E-state index contributed by atoms with van der Waals surface area (Å²) in [5.74, 6) is -0.132. The highest BCUT2D eigenvalue weighted by Crippen LogP contribution is 2.38. The lowest BCUT2D eigenvalue weighted by Crippen LogP contribution is -2.61. The van der Waals surface area contributed by atoms with Crippen LogP contribution in [-0.4, -0.2) is 47.3 Å². The van der Waals surface area contributed by atoms with Crippen molar-refractivity contribution < 1.29 is 14.6 Å². The number of nitrogens with zero attached hydrogens (tertiary/aromatic N) is 1. The van der Waals surface area contributed by atoms with Crippen molar-refractivity contribution in [2.75, 3.05) is 19.8 Å². The van der Waals surface area contributed by atoms with Crippen molar-refractivity contribution in [1.82, 2.24) is 4.90 Å². The Morgan fingerprint density at radius 2 is 2.15 bits per heavy atom. The number of carboxylic acids is 1. The lowest BCUT2D eigenvalue weighted by atomic mass is 9.74. The molecule has 2 rings (SSSR count). The molecule has 0 amide bonds. The largest absolute Gasteiger partial charge is 0.481 e. The number of ether oxygens (including phenoxy) is 1. The first-order valence-corrected chi connectivity index (χ1v) is 8.03. The second kappa shape index (κ2) is 6.44. The second-order valence-corrected chi connectivity index (χ2v) is 7.04. The predicted molar refractivity (Wildman–Crippen MR) is 78.8 cm³/mol. The Bertz CT molecular complexity index is 343. The Kier molecular flexibility index (Phi) is 5.08. The monoisotopic (exact) mass is 283 g/mol. The summed E-state index contributed by atoms with van der Waals surface area (Å²) in [5.41, 5.74) is -0.0509. The van der Waals surface area contributed by atoms with Gasteiger partial charge in [0.2, 0.25) is 0 Å². The van der Waals surface area contributed by atoms with E-state index < -0.39 is 5.97 Å². The third-order valence-electron chi connectivity index (χ3n) is 5.05. The number of hydrogen-bond donors (Lipinski definition) is 1. The molecule has 1 aliphatic carbocycles. The topological polar surface area (TPSA) is 49.8 Å². The maximum Gasteiger partial charge on any atom is 0.308 e. The predicted octanol–water partition coefficient (Wildman–Crippen LogP) is 2.77. The minimum atomic E-state index is -0.618. The molecule has 2 fully saturated rings. The molecule has 0 radical (unpaired) electrons. The van der Waals surface area contributed by atoms with E-state index in [-0.39, 0.29) is 17.5 Å². The van der Waals surface area contributed by atoms with Gasteiger partial charge in [0.1, 0.15) is 0 Å². The van der Waals surface area contributed by atoms with Gasteiger partial charge in [-0.3, -0.25) is 9.69 Å². The van der Waals surface area contributed by atoms with Crippen LogP contribution in [0.15, 0.2) is 0 Å². The molecule has 1 saturated heterocycles.